The van der Waals surface area contributed by atoms with Crippen molar-refractivity contribution < 1.29 is 19.1 Å². The van der Waals surface area contributed by atoms with Crippen LogP contribution in [0, 0.1) is 0 Å². The minimum absolute atomic E-state index is 0.351. The summed E-state index contributed by atoms with van der Waals surface area (Å²) in [7, 11) is 2.76. The fraction of sp³-hybridized carbons (Fsp3) is 0.143. The molecule has 2 aromatic rings. The van der Waals surface area contributed by atoms with Crippen LogP contribution in [0.1, 0.15) is 19.3 Å². The first-order valence-corrected chi connectivity index (χ1v) is 7.08. The predicted molar refractivity (Wildman–Crippen MR) is 81.6 cm³/mol. The van der Waals surface area contributed by atoms with E-state index in [0.717, 1.165) is 11.3 Å². The fourth-order valence-electron chi connectivity index (χ4n) is 1.67. The number of carbonyl (C=O) groups excluding carboxylic acids is 2. The maximum Gasteiger partial charge on any atom is 0.348 e. The zero-order valence-electron chi connectivity index (χ0n) is 11.3. The van der Waals surface area contributed by atoms with Gasteiger partial charge in [0.15, 0.2) is 5.75 Å². The topological polar surface area (TPSA) is 64.6 Å². The van der Waals surface area contributed by atoms with Crippen LogP contribution in [0.4, 0.5) is 5.69 Å². The molecule has 0 spiro atoms. The molecule has 1 amide bonds. The third-order valence-electron chi connectivity index (χ3n) is 2.64. The van der Waals surface area contributed by atoms with E-state index in [-0.39, 0.29) is 5.91 Å². The number of carbonyl (C=O) groups is 2. The van der Waals surface area contributed by atoms with Gasteiger partial charge in [0.1, 0.15) is 4.88 Å². The van der Waals surface area contributed by atoms with E-state index < -0.39 is 5.97 Å². The largest absolute Gasteiger partial charge is 0.493 e. The second kappa shape index (κ2) is 6.60. The number of benzene rings is 1. The van der Waals surface area contributed by atoms with Gasteiger partial charge in [-0.05, 0) is 24.3 Å². The number of anilines is 1. The third kappa shape index (κ3) is 3.34. The lowest BCUT2D eigenvalue weighted by molar-refractivity contribution is 0.0606. The van der Waals surface area contributed by atoms with Crippen molar-refractivity contribution in [3.05, 3.63) is 45.1 Å². The molecule has 1 N–H and O–H groups in total. The van der Waals surface area contributed by atoms with Crippen molar-refractivity contribution >= 4 is 40.5 Å². The van der Waals surface area contributed by atoms with E-state index in [2.05, 4.69) is 10.1 Å². The molecule has 0 aliphatic carbocycles. The van der Waals surface area contributed by atoms with Gasteiger partial charge in [0.25, 0.3) is 5.91 Å². The summed E-state index contributed by atoms with van der Waals surface area (Å²) in [6.45, 7) is 0. The second-order valence-electron chi connectivity index (χ2n) is 3.93. The van der Waals surface area contributed by atoms with Crippen LogP contribution in [0.15, 0.2) is 30.3 Å². The Bertz CT molecular complexity index is 683. The van der Waals surface area contributed by atoms with Crippen LogP contribution in [0.25, 0.3) is 0 Å². The fourth-order valence-corrected chi connectivity index (χ4v) is 2.74. The zero-order chi connectivity index (χ0) is 15.4. The van der Waals surface area contributed by atoms with Gasteiger partial charge in [-0.1, -0.05) is 17.7 Å². The molecule has 0 fully saturated rings. The average Bonchev–Trinajstić information content (AvgIpc) is 2.96. The Kier molecular flexibility index (Phi) is 4.82. The lowest BCUT2D eigenvalue weighted by Gasteiger charge is -2.10. The van der Waals surface area contributed by atoms with E-state index in [0.29, 0.717) is 26.2 Å². The van der Waals surface area contributed by atoms with Gasteiger partial charge in [0.2, 0.25) is 0 Å². The maximum atomic E-state index is 12.2. The van der Waals surface area contributed by atoms with Crippen LogP contribution < -0.4 is 10.1 Å². The van der Waals surface area contributed by atoms with E-state index in [1.807, 2.05) is 0 Å². The van der Waals surface area contributed by atoms with E-state index in [4.69, 9.17) is 16.3 Å². The Morgan fingerprint density at radius 3 is 2.52 bits per heavy atom. The molecule has 21 heavy (non-hydrogen) atoms. The van der Waals surface area contributed by atoms with Crippen LogP contribution in [-0.4, -0.2) is 26.1 Å². The molecule has 2 rings (SSSR count). The highest BCUT2D eigenvalue weighted by Crippen LogP contribution is 2.33. The molecule has 0 aliphatic heterocycles. The van der Waals surface area contributed by atoms with Gasteiger partial charge in [0, 0.05) is 0 Å². The lowest BCUT2D eigenvalue weighted by atomic mass is 10.3. The summed E-state index contributed by atoms with van der Waals surface area (Å²) in [4.78, 5) is 24.3. The van der Waals surface area contributed by atoms with Gasteiger partial charge in [-0.3, -0.25) is 4.79 Å². The van der Waals surface area contributed by atoms with E-state index in [1.165, 1.54) is 14.2 Å². The third-order valence-corrected chi connectivity index (χ3v) is 4.00. The summed E-state index contributed by atoms with van der Waals surface area (Å²) >= 11 is 7.04. The highest BCUT2D eigenvalue weighted by Gasteiger charge is 2.16. The van der Waals surface area contributed by atoms with Crippen molar-refractivity contribution in [2.45, 2.75) is 0 Å². The summed E-state index contributed by atoms with van der Waals surface area (Å²) in [5.41, 5.74) is 0.461. The van der Waals surface area contributed by atoms with Crippen LogP contribution in [0.2, 0.25) is 5.02 Å². The Labute approximate surface area is 130 Å². The lowest BCUT2D eigenvalue weighted by Crippen LogP contribution is -2.11. The van der Waals surface area contributed by atoms with E-state index >= 15 is 0 Å². The number of methoxy groups -OCH3 is 2. The molecule has 110 valence electrons. The minimum atomic E-state index is -0.473. The van der Waals surface area contributed by atoms with E-state index in [1.54, 1.807) is 30.3 Å². The molecule has 0 unspecified atom stereocenters. The molecular weight excluding hydrogens is 314 g/mol. The SMILES string of the molecule is COC(=O)c1ccc(C(=O)Nc2cccc(Cl)c2OC)s1. The number of thiophene rings is 1. The zero-order valence-corrected chi connectivity index (χ0v) is 12.9. The molecule has 0 aliphatic rings. The number of ether oxygens (including phenoxy) is 2. The summed E-state index contributed by atoms with van der Waals surface area (Å²) in [6.07, 6.45) is 0. The number of para-hydroxylation sites is 1. The number of hydrogen-bond acceptors (Lipinski definition) is 5. The average molecular weight is 326 g/mol. The molecule has 7 heteroatoms. The molecular formula is C14H12ClNO4S. The Morgan fingerprint density at radius 1 is 1.14 bits per heavy atom. The molecule has 1 heterocycles. The molecule has 5 nitrogen and oxygen atoms in total. The van der Waals surface area contributed by atoms with Gasteiger partial charge < -0.3 is 14.8 Å². The van der Waals surface area contributed by atoms with Gasteiger partial charge in [-0.2, -0.15) is 0 Å². The van der Waals surface area contributed by atoms with Gasteiger partial charge in [0.05, 0.1) is 29.8 Å². The normalized spacial score (nSPS) is 10.0. The number of amides is 1. The molecule has 1 aromatic carbocycles. The monoisotopic (exact) mass is 325 g/mol. The van der Waals surface area contributed by atoms with Crippen molar-refractivity contribution in [1.29, 1.82) is 0 Å². The Balaban J connectivity index is 2.20. The first-order valence-electron chi connectivity index (χ1n) is 5.88. The van der Waals surface area contributed by atoms with Crippen LogP contribution in [0.3, 0.4) is 0 Å². The van der Waals surface area contributed by atoms with Crippen LogP contribution in [-0.2, 0) is 4.74 Å². The number of halogens is 1. The van der Waals surface area contributed by atoms with Crippen molar-refractivity contribution in [3.63, 3.8) is 0 Å². The minimum Gasteiger partial charge on any atom is -0.493 e. The molecule has 0 bridgehead atoms. The molecule has 0 saturated carbocycles. The molecule has 0 atom stereocenters. The first kappa shape index (κ1) is 15.3. The van der Waals surface area contributed by atoms with Crippen LogP contribution in [0.5, 0.6) is 5.75 Å². The Hall–Kier alpha value is -2.05. The smallest absolute Gasteiger partial charge is 0.348 e. The van der Waals surface area contributed by atoms with Crippen molar-refractivity contribution in [2.24, 2.45) is 0 Å². The number of rotatable bonds is 4. The molecule has 0 radical (unpaired) electrons. The first-order chi connectivity index (χ1) is 10.1. The van der Waals surface area contributed by atoms with Gasteiger partial charge in [-0.25, -0.2) is 4.79 Å². The van der Waals surface area contributed by atoms with Crippen LogP contribution >= 0.6 is 22.9 Å². The number of nitrogens with one attached hydrogen (secondary N) is 1. The van der Waals surface area contributed by atoms with Crippen molar-refractivity contribution in [3.8, 4) is 5.75 Å². The predicted octanol–water partition coefficient (Wildman–Crippen LogP) is 3.45. The molecule has 1 aromatic heterocycles. The summed E-state index contributed by atoms with van der Waals surface area (Å²) < 4.78 is 9.76. The summed E-state index contributed by atoms with van der Waals surface area (Å²) in [6, 6.07) is 8.15. The standard InChI is InChI=1S/C14H12ClNO4S/c1-19-12-8(15)4-3-5-9(12)16-13(17)10-6-7-11(21-10)14(18)20-2/h3-7H,1-2H3,(H,16,17). The van der Waals surface area contributed by atoms with Gasteiger partial charge in [-0.15, -0.1) is 11.3 Å². The highest BCUT2D eigenvalue weighted by atomic mass is 35.5. The number of hydrogen-bond donors (Lipinski definition) is 1. The maximum absolute atomic E-state index is 12.2. The highest BCUT2D eigenvalue weighted by molar-refractivity contribution is 7.16. The number of esters is 1. The summed E-state index contributed by atoms with van der Waals surface area (Å²) in [5.74, 6) is -0.438. The second-order valence-corrected chi connectivity index (χ2v) is 5.42. The quantitative estimate of drug-likeness (QED) is 0.874. The van der Waals surface area contributed by atoms with Gasteiger partial charge >= 0.3 is 5.97 Å². The van der Waals surface area contributed by atoms with E-state index in [9.17, 15) is 9.59 Å². The Morgan fingerprint density at radius 2 is 1.86 bits per heavy atom. The molecule has 0 saturated heterocycles. The van der Waals surface area contributed by atoms with Crippen molar-refractivity contribution in [2.75, 3.05) is 19.5 Å². The van der Waals surface area contributed by atoms with Crippen molar-refractivity contribution in [1.82, 2.24) is 0 Å². The summed E-state index contributed by atoms with van der Waals surface area (Å²) in [5, 5.41) is 3.10.